The number of imide groups is 1. The summed E-state index contributed by atoms with van der Waals surface area (Å²) in [5, 5.41) is 4.74. The monoisotopic (exact) mass is 373 g/mol. The summed E-state index contributed by atoms with van der Waals surface area (Å²) in [6.07, 6.45) is 8.64. The average Bonchev–Trinajstić information content (AvgIpc) is 3.30. The first-order chi connectivity index (χ1) is 13.6. The van der Waals surface area contributed by atoms with E-state index in [-0.39, 0.29) is 5.70 Å². The van der Waals surface area contributed by atoms with Crippen molar-refractivity contribution in [1.82, 2.24) is 25.0 Å². The molecule has 140 valence electrons. The minimum Gasteiger partial charge on any atom is -0.303 e. The standard InChI is InChI=1S/C21H19N5O2/c1-12-3-2-4-14(7-12)18-11-26-15(9-17-20(27)25-21(28)24-17)10-22-19(26)16(23-18)8-13-5-6-13/h2-4,7,9-11,13H,5-6,8H2,1H3,(H2,24,25,27,28)/b17-9-. The molecule has 1 saturated heterocycles. The Morgan fingerprint density at radius 3 is 2.82 bits per heavy atom. The van der Waals surface area contributed by atoms with E-state index in [4.69, 9.17) is 4.98 Å². The Morgan fingerprint density at radius 1 is 1.25 bits per heavy atom. The maximum atomic E-state index is 11.9. The molecule has 7 nitrogen and oxygen atoms in total. The summed E-state index contributed by atoms with van der Waals surface area (Å²) in [5.41, 5.74) is 5.76. The van der Waals surface area contributed by atoms with Crippen LogP contribution in [0.2, 0.25) is 0 Å². The fourth-order valence-corrected chi connectivity index (χ4v) is 3.48. The molecule has 1 aromatic carbocycles. The Kier molecular flexibility index (Phi) is 3.75. The van der Waals surface area contributed by atoms with Crippen molar-refractivity contribution >= 4 is 23.7 Å². The molecule has 1 aliphatic heterocycles. The van der Waals surface area contributed by atoms with E-state index in [0.29, 0.717) is 5.92 Å². The third kappa shape index (κ3) is 3.05. The van der Waals surface area contributed by atoms with Crippen LogP contribution in [0.5, 0.6) is 0 Å². The topological polar surface area (TPSA) is 88.4 Å². The molecule has 2 aromatic heterocycles. The SMILES string of the molecule is Cc1cccc(-c2cn3c(/C=C4\NC(=O)NC4=O)cnc3c(CC3CC3)n2)c1. The fourth-order valence-electron chi connectivity index (χ4n) is 3.48. The molecule has 0 atom stereocenters. The maximum Gasteiger partial charge on any atom is 0.326 e. The average molecular weight is 373 g/mol. The third-order valence-electron chi connectivity index (χ3n) is 5.10. The van der Waals surface area contributed by atoms with Crippen LogP contribution in [0.25, 0.3) is 23.0 Å². The molecule has 1 aliphatic carbocycles. The van der Waals surface area contributed by atoms with E-state index in [2.05, 4.69) is 34.7 Å². The summed E-state index contributed by atoms with van der Waals surface area (Å²) < 4.78 is 1.95. The van der Waals surface area contributed by atoms with Gasteiger partial charge in [-0.15, -0.1) is 0 Å². The fraction of sp³-hybridized carbons (Fsp3) is 0.238. The number of fused-ring (bicyclic) bond motifs is 1. The first-order valence-corrected chi connectivity index (χ1v) is 9.35. The molecule has 1 saturated carbocycles. The molecule has 2 aliphatic rings. The van der Waals surface area contributed by atoms with Crippen LogP contribution in [0.3, 0.4) is 0 Å². The van der Waals surface area contributed by atoms with Crippen LogP contribution in [0.15, 0.2) is 42.4 Å². The zero-order valence-corrected chi connectivity index (χ0v) is 15.4. The van der Waals surface area contributed by atoms with Gasteiger partial charge in [-0.1, -0.05) is 23.8 Å². The number of hydrogen-bond acceptors (Lipinski definition) is 4. The van der Waals surface area contributed by atoms with E-state index in [1.807, 2.05) is 22.7 Å². The second-order valence-electron chi connectivity index (χ2n) is 7.43. The molecule has 0 bridgehead atoms. The van der Waals surface area contributed by atoms with E-state index in [1.165, 1.54) is 18.4 Å². The van der Waals surface area contributed by atoms with Crippen molar-refractivity contribution in [2.45, 2.75) is 26.2 Å². The van der Waals surface area contributed by atoms with Gasteiger partial charge in [-0.2, -0.15) is 0 Å². The molecule has 0 radical (unpaired) electrons. The van der Waals surface area contributed by atoms with E-state index >= 15 is 0 Å². The van der Waals surface area contributed by atoms with Crippen molar-refractivity contribution in [2.75, 3.05) is 0 Å². The summed E-state index contributed by atoms with van der Waals surface area (Å²) in [5.74, 6) is 0.230. The molecule has 2 N–H and O–H groups in total. The number of benzene rings is 1. The molecule has 5 rings (SSSR count). The van der Waals surface area contributed by atoms with Crippen molar-refractivity contribution < 1.29 is 9.59 Å². The minimum absolute atomic E-state index is 0.212. The van der Waals surface area contributed by atoms with Gasteiger partial charge in [0.1, 0.15) is 5.70 Å². The Bertz CT molecular complexity index is 1160. The van der Waals surface area contributed by atoms with Gasteiger partial charge in [0.25, 0.3) is 5.91 Å². The quantitative estimate of drug-likeness (QED) is 0.544. The zero-order valence-electron chi connectivity index (χ0n) is 15.4. The third-order valence-corrected chi connectivity index (χ3v) is 5.10. The normalized spacial score (nSPS) is 18.0. The lowest BCUT2D eigenvalue weighted by atomic mass is 10.1. The molecule has 3 amide bonds. The van der Waals surface area contributed by atoms with Crippen molar-refractivity contribution in [2.24, 2.45) is 5.92 Å². The number of aryl methyl sites for hydroxylation is 1. The number of nitrogens with zero attached hydrogens (tertiary/aromatic N) is 3. The van der Waals surface area contributed by atoms with Crippen molar-refractivity contribution in [1.29, 1.82) is 0 Å². The van der Waals surface area contributed by atoms with Crippen LogP contribution in [0.4, 0.5) is 4.79 Å². The number of amides is 3. The first-order valence-electron chi connectivity index (χ1n) is 9.35. The zero-order chi connectivity index (χ0) is 19.3. The lowest BCUT2D eigenvalue weighted by Crippen LogP contribution is -2.22. The van der Waals surface area contributed by atoms with Gasteiger partial charge >= 0.3 is 6.03 Å². The van der Waals surface area contributed by atoms with Crippen LogP contribution < -0.4 is 10.6 Å². The smallest absolute Gasteiger partial charge is 0.303 e. The van der Waals surface area contributed by atoms with E-state index in [0.717, 1.165) is 34.7 Å². The predicted octanol–water partition coefficient (Wildman–Crippen LogP) is 2.84. The number of carbonyl (C=O) groups excluding carboxylic acids is 2. The molecular formula is C21H19N5O2. The van der Waals surface area contributed by atoms with Gasteiger partial charge in [0.2, 0.25) is 0 Å². The van der Waals surface area contributed by atoms with E-state index in [9.17, 15) is 9.59 Å². The predicted molar refractivity (Wildman–Crippen MR) is 104 cm³/mol. The summed E-state index contributed by atoms with van der Waals surface area (Å²) in [6, 6.07) is 7.71. The molecule has 7 heteroatoms. The van der Waals surface area contributed by atoms with Gasteiger partial charge in [0.15, 0.2) is 5.65 Å². The molecule has 2 fully saturated rings. The highest BCUT2D eigenvalue weighted by molar-refractivity contribution is 6.13. The van der Waals surface area contributed by atoms with Crippen LogP contribution in [-0.2, 0) is 11.2 Å². The van der Waals surface area contributed by atoms with E-state index in [1.54, 1.807) is 12.3 Å². The van der Waals surface area contributed by atoms with Crippen LogP contribution in [-0.4, -0.2) is 26.3 Å². The van der Waals surface area contributed by atoms with Crippen molar-refractivity contribution in [3.8, 4) is 11.3 Å². The van der Waals surface area contributed by atoms with Crippen LogP contribution >= 0.6 is 0 Å². The maximum absolute atomic E-state index is 11.9. The van der Waals surface area contributed by atoms with Gasteiger partial charge in [-0.25, -0.2) is 14.8 Å². The number of urea groups is 1. The van der Waals surface area contributed by atoms with Gasteiger partial charge < -0.3 is 5.32 Å². The van der Waals surface area contributed by atoms with E-state index < -0.39 is 11.9 Å². The molecule has 3 aromatic rings. The highest BCUT2D eigenvalue weighted by atomic mass is 16.2. The van der Waals surface area contributed by atoms with Gasteiger partial charge in [0, 0.05) is 11.8 Å². The Morgan fingerprint density at radius 2 is 2.11 bits per heavy atom. The second-order valence-corrected chi connectivity index (χ2v) is 7.43. The van der Waals surface area contributed by atoms with Crippen LogP contribution in [0.1, 0.15) is 29.8 Å². The summed E-state index contributed by atoms with van der Waals surface area (Å²) in [7, 11) is 0. The largest absolute Gasteiger partial charge is 0.326 e. The minimum atomic E-state index is -0.512. The first kappa shape index (κ1) is 16.7. The van der Waals surface area contributed by atoms with Crippen molar-refractivity contribution in [3.05, 3.63) is 59.3 Å². The molecule has 0 unspecified atom stereocenters. The Labute approximate surface area is 161 Å². The summed E-state index contributed by atoms with van der Waals surface area (Å²) in [6.45, 7) is 2.06. The molecule has 0 spiro atoms. The number of imidazole rings is 1. The van der Waals surface area contributed by atoms with Crippen LogP contribution in [0, 0.1) is 12.8 Å². The van der Waals surface area contributed by atoms with Gasteiger partial charge in [-0.3, -0.25) is 14.5 Å². The lowest BCUT2D eigenvalue weighted by Gasteiger charge is -2.09. The second kappa shape index (κ2) is 6.30. The highest BCUT2D eigenvalue weighted by Crippen LogP contribution is 2.34. The molecular weight excluding hydrogens is 354 g/mol. The Balaban J connectivity index is 1.66. The summed E-state index contributed by atoms with van der Waals surface area (Å²) in [4.78, 5) is 32.7. The summed E-state index contributed by atoms with van der Waals surface area (Å²) >= 11 is 0. The molecule has 28 heavy (non-hydrogen) atoms. The van der Waals surface area contributed by atoms with Gasteiger partial charge in [0.05, 0.1) is 23.3 Å². The van der Waals surface area contributed by atoms with Crippen molar-refractivity contribution in [3.63, 3.8) is 0 Å². The number of aromatic nitrogens is 3. The number of carbonyl (C=O) groups is 2. The van der Waals surface area contributed by atoms with Gasteiger partial charge in [-0.05, 0) is 44.2 Å². The number of nitrogens with one attached hydrogen (secondary N) is 2. The number of rotatable bonds is 4. The lowest BCUT2D eigenvalue weighted by molar-refractivity contribution is -0.115. The number of hydrogen-bond donors (Lipinski definition) is 2. The highest BCUT2D eigenvalue weighted by Gasteiger charge is 2.26. The Hall–Kier alpha value is -3.48. The molecule has 3 heterocycles.